The van der Waals surface area contributed by atoms with Gasteiger partial charge in [0.15, 0.2) is 0 Å². The molecule has 0 saturated carbocycles. The average molecular weight is 316 g/mol. The largest absolute Gasteiger partial charge is 0.457 e. The molecule has 5 nitrogen and oxygen atoms in total. The van der Waals surface area contributed by atoms with Gasteiger partial charge < -0.3 is 15.8 Å². The molecule has 0 spiro atoms. The van der Waals surface area contributed by atoms with Crippen LogP contribution in [-0.4, -0.2) is 17.9 Å². The molecule has 2 rings (SSSR count). The average Bonchev–Trinajstić information content (AvgIpc) is 2.41. The molecule has 0 aliphatic heterocycles. The Balaban J connectivity index is 0.00000180. The van der Waals surface area contributed by atoms with E-state index in [4.69, 9.17) is 10.5 Å². The number of nitrogens with two attached hydrogens (primary N) is 1. The Kier molecular flexibility index (Phi) is 7.43. The van der Waals surface area contributed by atoms with Crippen molar-refractivity contribution in [3.05, 3.63) is 48.3 Å². The molecule has 1 aromatic carbocycles. The Labute approximate surface area is 129 Å². The van der Waals surface area contributed by atoms with Crippen molar-refractivity contribution in [3.63, 3.8) is 0 Å². The van der Waals surface area contributed by atoms with E-state index in [1.54, 1.807) is 43.4 Å². The molecule has 108 valence electrons. The second-order valence-corrected chi connectivity index (χ2v) is 3.63. The molecule has 0 aliphatic rings. The van der Waals surface area contributed by atoms with Crippen LogP contribution in [0.5, 0.6) is 11.5 Å². The zero-order chi connectivity index (χ0) is 13.0. The number of amides is 1. The van der Waals surface area contributed by atoms with Gasteiger partial charge in [-0.1, -0.05) is 0 Å². The maximum atomic E-state index is 11.4. The Morgan fingerprint density at radius 2 is 1.80 bits per heavy atom. The van der Waals surface area contributed by atoms with Gasteiger partial charge in [0.25, 0.3) is 5.91 Å². The monoisotopic (exact) mass is 315 g/mol. The number of aromatic nitrogens is 1. The van der Waals surface area contributed by atoms with Crippen LogP contribution in [0, 0.1) is 0 Å². The predicted octanol–water partition coefficient (Wildman–Crippen LogP) is 2.66. The summed E-state index contributed by atoms with van der Waals surface area (Å²) in [6.45, 7) is 0. The number of ether oxygens (including phenoxy) is 1. The highest BCUT2D eigenvalue weighted by molar-refractivity contribution is 5.92. The van der Waals surface area contributed by atoms with Crippen molar-refractivity contribution in [3.8, 4) is 11.5 Å². The number of nitrogens with one attached hydrogen (secondary N) is 1. The van der Waals surface area contributed by atoms with Crippen LogP contribution in [0.15, 0.2) is 42.6 Å². The fourth-order valence-corrected chi connectivity index (χ4v) is 1.40. The van der Waals surface area contributed by atoms with Crippen molar-refractivity contribution >= 4 is 36.4 Å². The number of pyridine rings is 1. The maximum Gasteiger partial charge on any atom is 0.269 e. The summed E-state index contributed by atoms with van der Waals surface area (Å²) in [5, 5.41) is 2.51. The summed E-state index contributed by atoms with van der Waals surface area (Å²) < 4.78 is 5.59. The first-order valence-electron chi connectivity index (χ1n) is 5.40. The van der Waals surface area contributed by atoms with Crippen molar-refractivity contribution in [2.75, 3.05) is 12.8 Å². The lowest BCUT2D eigenvalue weighted by molar-refractivity contribution is 0.0958. The smallest absolute Gasteiger partial charge is 0.269 e. The van der Waals surface area contributed by atoms with Crippen LogP contribution in [0.3, 0.4) is 0 Å². The highest BCUT2D eigenvalue weighted by Crippen LogP contribution is 2.22. The fourth-order valence-electron chi connectivity index (χ4n) is 1.40. The Morgan fingerprint density at radius 3 is 2.40 bits per heavy atom. The van der Waals surface area contributed by atoms with Gasteiger partial charge in [0.05, 0.1) is 0 Å². The number of carbonyl (C=O) groups is 1. The van der Waals surface area contributed by atoms with E-state index >= 15 is 0 Å². The number of nitrogens with zero attached hydrogens (tertiary/aromatic N) is 1. The first-order chi connectivity index (χ1) is 8.69. The molecule has 1 aromatic heterocycles. The summed E-state index contributed by atoms with van der Waals surface area (Å²) >= 11 is 0. The first kappa shape index (κ1) is 18.0. The molecule has 20 heavy (non-hydrogen) atoms. The summed E-state index contributed by atoms with van der Waals surface area (Å²) in [5.74, 6) is 0.949. The van der Waals surface area contributed by atoms with E-state index in [2.05, 4.69) is 10.3 Å². The van der Waals surface area contributed by atoms with Gasteiger partial charge in [-0.3, -0.25) is 9.78 Å². The van der Waals surface area contributed by atoms with Gasteiger partial charge in [-0.25, -0.2) is 0 Å². The minimum Gasteiger partial charge on any atom is -0.457 e. The molecule has 0 radical (unpaired) electrons. The lowest BCUT2D eigenvalue weighted by atomic mass is 10.3. The zero-order valence-corrected chi connectivity index (χ0v) is 12.3. The van der Waals surface area contributed by atoms with E-state index in [9.17, 15) is 4.79 Å². The molecule has 0 bridgehead atoms. The van der Waals surface area contributed by atoms with Crippen LogP contribution in [0.4, 0.5) is 5.69 Å². The number of rotatable bonds is 3. The summed E-state index contributed by atoms with van der Waals surface area (Å²) in [7, 11) is 1.55. The molecule has 0 saturated heterocycles. The summed E-state index contributed by atoms with van der Waals surface area (Å²) in [5.41, 5.74) is 6.56. The van der Waals surface area contributed by atoms with E-state index in [1.807, 2.05) is 0 Å². The molecule has 2 aromatic rings. The SMILES string of the molecule is CNC(=O)c1cc(Oc2ccc(N)cc2)ccn1.Cl.Cl. The van der Waals surface area contributed by atoms with Crippen molar-refractivity contribution in [1.29, 1.82) is 0 Å². The zero-order valence-electron chi connectivity index (χ0n) is 10.7. The molecule has 1 heterocycles. The molecule has 0 atom stereocenters. The van der Waals surface area contributed by atoms with Gasteiger partial charge in [-0.05, 0) is 30.3 Å². The van der Waals surface area contributed by atoms with Gasteiger partial charge in [0, 0.05) is 25.0 Å². The first-order valence-corrected chi connectivity index (χ1v) is 5.40. The van der Waals surface area contributed by atoms with Crippen molar-refractivity contribution in [1.82, 2.24) is 10.3 Å². The van der Waals surface area contributed by atoms with Gasteiger partial charge in [-0.15, -0.1) is 24.8 Å². The number of benzene rings is 1. The second kappa shape index (κ2) is 8.24. The lowest BCUT2D eigenvalue weighted by Gasteiger charge is -2.06. The van der Waals surface area contributed by atoms with E-state index in [1.165, 1.54) is 6.20 Å². The topological polar surface area (TPSA) is 77.2 Å². The summed E-state index contributed by atoms with van der Waals surface area (Å²) in [6.07, 6.45) is 1.53. The molecular formula is C13H15Cl2N3O2. The third-order valence-electron chi connectivity index (χ3n) is 2.31. The standard InChI is InChI=1S/C13H13N3O2.2ClH/c1-15-13(17)12-8-11(6-7-16-12)18-10-4-2-9(14)3-5-10;;/h2-8H,14H2,1H3,(H,15,17);2*1H. The number of nitrogen functional groups attached to an aromatic ring is 1. The van der Waals surface area contributed by atoms with E-state index in [0.29, 0.717) is 22.9 Å². The number of hydrogen-bond donors (Lipinski definition) is 2. The number of anilines is 1. The Bertz CT molecular complexity index is 562. The summed E-state index contributed by atoms with van der Waals surface area (Å²) in [4.78, 5) is 15.4. The molecular weight excluding hydrogens is 301 g/mol. The normalized spacial score (nSPS) is 8.85. The molecule has 1 amide bonds. The minimum atomic E-state index is -0.252. The van der Waals surface area contributed by atoms with Crippen molar-refractivity contribution < 1.29 is 9.53 Å². The molecule has 0 fully saturated rings. The van der Waals surface area contributed by atoms with E-state index in [-0.39, 0.29) is 30.7 Å². The number of hydrogen-bond acceptors (Lipinski definition) is 4. The summed E-state index contributed by atoms with van der Waals surface area (Å²) in [6, 6.07) is 10.3. The molecule has 7 heteroatoms. The predicted molar refractivity (Wildman–Crippen MR) is 83.1 cm³/mol. The van der Waals surface area contributed by atoms with E-state index in [0.717, 1.165) is 0 Å². The van der Waals surface area contributed by atoms with Crippen LogP contribution < -0.4 is 15.8 Å². The fraction of sp³-hybridized carbons (Fsp3) is 0.0769. The van der Waals surface area contributed by atoms with Crippen molar-refractivity contribution in [2.24, 2.45) is 0 Å². The Morgan fingerprint density at radius 1 is 1.15 bits per heavy atom. The van der Waals surface area contributed by atoms with Crippen LogP contribution in [-0.2, 0) is 0 Å². The lowest BCUT2D eigenvalue weighted by Crippen LogP contribution is -2.18. The van der Waals surface area contributed by atoms with Crippen LogP contribution in [0.25, 0.3) is 0 Å². The van der Waals surface area contributed by atoms with Crippen molar-refractivity contribution in [2.45, 2.75) is 0 Å². The molecule has 0 unspecified atom stereocenters. The van der Waals surface area contributed by atoms with Gasteiger partial charge in [0.2, 0.25) is 0 Å². The Hall–Kier alpha value is -1.98. The van der Waals surface area contributed by atoms with Crippen LogP contribution >= 0.6 is 24.8 Å². The minimum absolute atomic E-state index is 0. The van der Waals surface area contributed by atoms with Gasteiger partial charge in [-0.2, -0.15) is 0 Å². The number of halogens is 2. The second-order valence-electron chi connectivity index (χ2n) is 3.63. The third kappa shape index (κ3) is 4.60. The van der Waals surface area contributed by atoms with E-state index < -0.39 is 0 Å². The molecule has 3 N–H and O–H groups in total. The van der Waals surface area contributed by atoms with Crippen LogP contribution in [0.1, 0.15) is 10.5 Å². The van der Waals surface area contributed by atoms with Gasteiger partial charge in [0.1, 0.15) is 17.2 Å². The molecule has 0 aliphatic carbocycles. The third-order valence-corrected chi connectivity index (χ3v) is 2.31. The van der Waals surface area contributed by atoms with Crippen LogP contribution in [0.2, 0.25) is 0 Å². The quantitative estimate of drug-likeness (QED) is 0.854. The number of carbonyl (C=O) groups excluding carboxylic acids is 1. The van der Waals surface area contributed by atoms with Gasteiger partial charge >= 0.3 is 0 Å². The highest BCUT2D eigenvalue weighted by Gasteiger charge is 2.06. The maximum absolute atomic E-state index is 11.4. The highest BCUT2D eigenvalue weighted by atomic mass is 35.5.